The highest BCUT2D eigenvalue weighted by Crippen LogP contribution is 2.33. The molecule has 0 spiro atoms. The summed E-state index contributed by atoms with van der Waals surface area (Å²) >= 11 is 1.45. The van der Waals surface area contributed by atoms with Gasteiger partial charge in [-0.15, -0.1) is 11.3 Å². The van der Waals surface area contributed by atoms with E-state index >= 15 is 0 Å². The summed E-state index contributed by atoms with van der Waals surface area (Å²) in [7, 11) is 0. The highest BCUT2D eigenvalue weighted by molar-refractivity contribution is 7.20. The van der Waals surface area contributed by atoms with Crippen LogP contribution in [0.5, 0.6) is 0 Å². The van der Waals surface area contributed by atoms with Crippen LogP contribution >= 0.6 is 11.3 Å². The molecular weight excluding hydrogens is 420 g/mol. The van der Waals surface area contributed by atoms with Crippen molar-refractivity contribution in [3.05, 3.63) is 57.9 Å². The normalized spacial score (nSPS) is 17.6. The summed E-state index contributed by atoms with van der Waals surface area (Å²) in [5, 5.41) is 4.09. The molecular formula is C25H32N4O2S. The summed E-state index contributed by atoms with van der Waals surface area (Å²) in [5.74, 6) is 0.746. The third-order valence-corrected chi connectivity index (χ3v) is 6.99. The smallest absolute Gasteiger partial charge is 0.261 e. The molecule has 0 radical (unpaired) electrons. The molecule has 1 aliphatic rings. The highest BCUT2D eigenvalue weighted by atomic mass is 32.1. The van der Waals surface area contributed by atoms with Crippen LogP contribution in [0.1, 0.15) is 53.1 Å². The van der Waals surface area contributed by atoms with Gasteiger partial charge in [0.25, 0.3) is 5.91 Å². The number of carbonyl (C=O) groups excluding carboxylic acids is 1. The van der Waals surface area contributed by atoms with Crippen molar-refractivity contribution >= 4 is 27.5 Å². The summed E-state index contributed by atoms with van der Waals surface area (Å²) in [5.41, 5.74) is 3.04. The fraction of sp³-hybridized carbons (Fsp3) is 0.480. The standard InChI is InChI=1S/C25H32N4O2S/c1-16-20-17(2)27-24(25(3,4)5)28-23(20)32-21(16)22(30)26-13-19-15-29(11-12-31-19)14-18-9-7-6-8-10-18/h6-10,19H,11-15H2,1-5H3,(H,26,30). The predicted molar refractivity (Wildman–Crippen MR) is 129 cm³/mol. The first-order chi connectivity index (χ1) is 15.2. The number of benzene rings is 1. The Hall–Kier alpha value is -2.35. The Morgan fingerprint density at radius 3 is 2.69 bits per heavy atom. The summed E-state index contributed by atoms with van der Waals surface area (Å²) in [4.78, 5) is 26.5. The molecule has 1 amide bonds. The molecule has 32 heavy (non-hydrogen) atoms. The number of carbonyl (C=O) groups is 1. The molecule has 1 aliphatic heterocycles. The molecule has 1 N–H and O–H groups in total. The van der Waals surface area contributed by atoms with Gasteiger partial charge >= 0.3 is 0 Å². The van der Waals surface area contributed by atoms with Crippen molar-refractivity contribution in [2.24, 2.45) is 0 Å². The van der Waals surface area contributed by atoms with Crippen LogP contribution in [0.25, 0.3) is 10.2 Å². The largest absolute Gasteiger partial charge is 0.374 e. The van der Waals surface area contributed by atoms with E-state index in [9.17, 15) is 4.79 Å². The van der Waals surface area contributed by atoms with Crippen LogP contribution in [0.15, 0.2) is 30.3 Å². The average molecular weight is 453 g/mol. The third kappa shape index (κ3) is 5.00. The van der Waals surface area contributed by atoms with E-state index in [-0.39, 0.29) is 17.4 Å². The number of rotatable bonds is 5. The number of aryl methyl sites for hydroxylation is 2. The van der Waals surface area contributed by atoms with Crippen molar-refractivity contribution in [2.75, 3.05) is 26.2 Å². The van der Waals surface area contributed by atoms with Gasteiger partial charge in [-0.05, 0) is 25.0 Å². The van der Waals surface area contributed by atoms with Crippen LogP contribution in [0.2, 0.25) is 0 Å². The maximum absolute atomic E-state index is 13.0. The van der Waals surface area contributed by atoms with E-state index in [4.69, 9.17) is 14.7 Å². The Morgan fingerprint density at radius 2 is 1.97 bits per heavy atom. The van der Waals surface area contributed by atoms with Crippen molar-refractivity contribution in [2.45, 2.75) is 52.7 Å². The Morgan fingerprint density at radius 1 is 1.22 bits per heavy atom. The van der Waals surface area contributed by atoms with E-state index in [0.717, 1.165) is 46.9 Å². The molecule has 1 saturated heterocycles. The summed E-state index contributed by atoms with van der Waals surface area (Å²) in [6.07, 6.45) is -0.0138. The summed E-state index contributed by atoms with van der Waals surface area (Å²) < 4.78 is 5.92. The van der Waals surface area contributed by atoms with Crippen LogP contribution < -0.4 is 5.32 Å². The number of ether oxygens (including phenoxy) is 1. The topological polar surface area (TPSA) is 67.4 Å². The van der Waals surface area contributed by atoms with Crippen LogP contribution in [0.4, 0.5) is 0 Å². The fourth-order valence-corrected chi connectivity index (χ4v) is 5.22. The lowest BCUT2D eigenvalue weighted by Gasteiger charge is -2.33. The number of hydrogen-bond acceptors (Lipinski definition) is 6. The number of thiophene rings is 1. The van der Waals surface area contributed by atoms with Gasteiger partial charge in [0.15, 0.2) is 0 Å². The van der Waals surface area contributed by atoms with Gasteiger partial charge in [0.2, 0.25) is 0 Å². The van der Waals surface area contributed by atoms with Crippen molar-refractivity contribution < 1.29 is 9.53 Å². The number of amides is 1. The summed E-state index contributed by atoms with van der Waals surface area (Å²) in [6.45, 7) is 14.1. The molecule has 170 valence electrons. The minimum atomic E-state index is -0.136. The van der Waals surface area contributed by atoms with Gasteiger partial charge in [0.05, 0.1) is 23.3 Å². The van der Waals surface area contributed by atoms with Crippen molar-refractivity contribution in [3.63, 3.8) is 0 Å². The van der Waals surface area contributed by atoms with E-state index in [1.807, 2.05) is 19.9 Å². The van der Waals surface area contributed by atoms with Gasteiger partial charge in [-0.2, -0.15) is 0 Å². The minimum Gasteiger partial charge on any atom is -0.374 e. The lowest BCUT2D eigenvalue weighted by Crippen LogP contribution is -2.47. The molecule has 7 heteroatoms. The Bertz CT molecular complexity index is 1100. The van der Waals surface area contributed by atoms with Gasteiger partial charge in [0, 0.05) is 37.0 Å². The summed E-state index contributed by atoms with van der Waals surface area (Å²) in [6, 6.07) is 10.5. The van der Waals surface area contributed by atoms with Crippen LogP contribution in [-0.2, 0) is 16.7 Å². The van der Waals surface area contributed by atoms with Gasteiger partial charge in [0.1, 0.15) is 10.7 Å². The number of nitrogens with one attached hydrogen (secondary N) is 1. The van der Waals surface area contributed by atoms with E-state index in [1.54, 1.807) is 0 Å². The van der Waals surface area contributed by atoms with Crippen LogP contribution in [0, 0.1) is 13.8 Å². The zero-order chi connectivity index (χ0) is 22.9. The first kappa shape index (κ1) is 22.8. The number of aromatic nitrogens is 2. The Labute approximate surface area is 194 Å². The molecule has 0 aliphatic carbocycles. The minimum absolute atomic E-state index is 0.0138. The zero-order valence-electron chi connectivity index (χ0n) is 19.6. The molecule has 1 fully saturated rings. The van der Waals surface area contributed by atoms with Crippen LogP contribution in [0.3, 0.4) is 0 Å². The van der Waals surface area contributed by atoms with Crippen LogP contribution in [-0.4, -0.2) is 53.1 Å². The predicted octanol–water partition coefficient (Wildman–Crippen LogP) is 4.24. The Balaban J connectivity index is 1.42. The van der Waals surface area contributed by atoms with Crippen molar-refractivity contribution in [1.29, 1.82) is 0 Å². The van der Waals surface area contributed by atoms with E-state index in [1.165, 1.54) is 16.9 Å². The molecule has 0 saturated carbocycles. The van der Waals surface area contributed by atoms with Gasteiger partial charge < -0.3 is 10.1 Å². The molecule has 1 unspecified atom stereocenters. The number of morpholine rings is 1. The molecule has 3 aromatic rings. The second kappa shape index (κ2) is 9.25. The van der Waals surface area contributed by atoms with E-state index in [0.29, 0.717) is 18.0 Å². The second-order valence-electron chi connectivity index (χ2n) is 9.54. The van der Waals surface area contributed by atoms with E-state index in [2.05, 4.69) is 55.3 Å². The number of nitrogens with zero attached hydrogens (tertiary/aromatic N) is 3. The lowest BCUT2D eigenvalue weighted by molar-refractivity contribution is -0.0292. The maximum Gasteiger partial charge on any atom is 0.261 e. The highest BCUT2D eigenvalue weighted by Gasteiger charge is 2.25. The third-order valence-electron chi connectivity index (χ3n) is 5.81. The van der Waals surface area contributed by atoms with Gasteiger partial charge in [-0.1, -0.05) is 51.1 Å². The number of fused-ring (bicyclic) bond motifs is 1. The van der Waals surface area contributed by atoms with Crippen molar-refractivity contribution in [3.8, 4) is 0 Å². The first-order valence-electron chi connectivity index (χ1n) is 11.2. The average Bonchev–Trinajstić information content (AvgIpc) is 3.09. The molecule has 2 aromatic heterocycles. The first-order valence-corrected chi connectivity index (χ1v) is 12.0. The molecule has 1 atom stereocenters. The fourth-order valence-electron chi connectivity index (χ4n) is 4.07. The lowest BCUT2D eigenvalue weighted by atomic mass is 9.95. The SMILES string of the molecule is Cc1nc(C(C)(C)C)nc2sc(C(=O)NCC3CN(Cc4ccccc4)CCO3)c(C)c12. The van der Waals surface area contributed by atoms with Crippen molar-refractivity contribution in [1.82, 2.24) is 20.2 Å². The van der Waals surface area contributed by atoms with Gasteiger partial charge in [-0.25, -0.2) is 9.97 Å². The van der Waals surface area contributed by atoms with E-state index < -0.39 is 0 Å². The quantitative estimate of drug-likeness (QED) is 0.627. The number of hydrogen-bond donors (Lipinski definition) is 1. The molecule has 0 bridgehead atoms. The van der Waals surface area contributed by atoms with Gasteiger partial charge in [-0.3, -0.25) is 9.69 Å². The second-order valence-corrected chi connectivity index (χ2v) is 10.5. The molecule has 4 rings (SSSR count). The molecule has 3 heterocycles. The Kier molecular flexibility index (Phi) is 6.60. The molecule has 1 aromatic carbocycles. The molecule has 6 nitrogen and oxygen atoms in total. The zero-order valence-corrected chi connectivity index (χ0v) is 20.4. The monoisotopic (exact) mass is 452 g/mol. The maximum atomic E-state index is 13.0.